The second-order valence-electron chi connectivity index (χ2n) is 5.45. The van der Waals surface area contributed by atoms with Gasteiger partial charge in [-0.25, -0.2) is 0 Å². The summed E-state index contributed by atoms with van der Waals surface area (Å²) in [5.74, 6) is 0. The first kappa shape index (κ1) is 11.4. The lowest BCUT2D eigenvalue weighted by Crippen LogP contribution is -2.31. The monoisotopic (exact) mass is 258 g/mol. The Morgan fingerprint density at radius 2 is 1.65 bits per heavy atom. The highest BCUT2D eigenvalue weighted by atomic mass is 15.0. The molecule has 1 aromatic heterocycles. The number of hydrogen-bond donors (Lipinski definition) is 0. The van der Waals surface area contributed by atoms with Gasteiger partial charge in [-0.3, -0.25) is 0 Å². The van der Waals surface area contributed by atoms with Gasteiger partial charge in [-0.05, 0) is 24.1 Å². The van der Waals surface area contributed by atoms with Crippen LogP contribution in [-0.2, 0) is 6.54 Å². The molecule has 1 heteroatoms. The summed E-state index contributed by atoms with van der Waals surface area (Å²) in [5.41, 5.74) is 7.96. The molecule has 96 valence electrons. The minimum Gasteiger partial charge on any atom is -0.194 e. The molecule has 2 aromatic carbocycles. The maximum Gasteiger partial charge on any atom is 0.213 e. The Labute approximate surface area is 119 Å². The zero-order valence-corrected chi connectivity index (χ0v) is 11.5. The minimum absolute atomic E-state index is 0.986. The van der Waals surface area contributed by atoms with Gasteiger partial charge < -0.3 is 0 Å². The van der Waals surface area contributed by atoms with Gasteiger partial charge in [0.15, 0.2) is 12.7 Å². The van der Waals surface area contributed by atoms with Gasteiger partial charge in [0, 0.05) is 17.7 Å². The lowest BCUT2D eigenvalue weighted by Gasteiger charge is -2.02. The SMILES string of the molecule is Cc1ccc(-c2cc[n+]3c(c2)-c2ccccc2C3)cc1. The topological polar surface area (TPSA) is 3.88 Å². The largest absolute Gasteiger partial charge is 0.213 e. The van der Waals surface area contributed by atoms with Crippen LogP contribution >= 0.6 is 0 Å². The molecule has 20 heavy (non-hydrogen) atoms. The Morgan fingerprint density at radius 1 is 0.850 bits per heavy atom. The van der Waals surface area contributed by atoms with E-state index in [4.69, 9.17) is 0 Å². The molecular weight excluding hydrogens is 242 g/mol. The fraction of sp³-hybridized carbons (Fsp3) is 0.105. The van der Waals surface area contributed by atoms with Gasteiger partial charge in [0.05, 0.1) is 5.56 Å². The molecule has 0 bridgehead atoms. The first-order valence-electron chi connectivity index (χ1n) is 7.00. The number of fused-ring (bicyclic) bond motifs is 3. The molecule has 0 unspecified atom stereocenters. The fourth-order valence-corrected chi connectivity index (χ4v) is 2.92. The Kier molecular flexibility index (Phi) is 2.46. The zero-order chi connectivity index (χ0) is 13.5. The third kappa shape index (κ3) is 1.75. The second kappa shape index (κ2) is 4.31. The van der Waals surface area contributed by atoms with Gasteiger partial charge in [-0.2, -0.15) is 4.57 Å². The van der Waals surface area contributed by atoms with E-state index in [1.165, 1.54) is 33.5 Å². The lowest BCUT2D eigenvalue weighted by molar-refractivity contribution is -0.672. The number of aromatic nitrogens is 1. The van der Waals surface area contributed by atoms with Crippen LogP contribution in [0.25, 0.3) is 22.4 Å². The van der Waals surface area contributed by atoms with Crippen molar-refractivity contribution < 1.29 is 4.57 Å². The first-order valence-corrected chi connectivity index (χ1v) is 7.00. The molecule has 0 amide bonds. The molecule has 0 saturated carbocycles. The zero-order valence-electron chi connectivity index (χ0n) is 11.5. The summed E-state index contributed by atoms with van der Waals surface area (Å²) in [4.78, 5) is 0. The molecule has 4 rings (SSSR count). The normalized spacial score (nSPS) is 12.1. The van der Waals surface area contributed by atoms with Gasteiger partial charge in [-0.15, -0.1) is 0 Å². The number of benzene rings is 2. The van der Waals surface area contributed by atoms with Crippen LogP contribution in [-0.4, -0.2) is 0 Å². The summed E-state index contributed by atoms with van der Waals surface area (Å²) in [7, 11) is 0. The highest BCUT2D eigenvalue weighted by molar-refractivity contribution is 5.71. The van der Waals surface area contributed by atoms with Crippen LogP contribution in [0.3, 0.4) is 0 Å². The molecule has 0 N–H and O–H groups in total. The van der Waals surface area contributed by atoms with Crippen molar-refractivity contribution in [3.05, 3.63) is 78.0 Å². The molecule has 1 aliphatic rings. The Balaban J connectivity index is 1.85. The molecule has 3 aromatic rings. The van der Waals surface area contributed by atoms with Crippen LogP contribution in [0.2, 0.25) is 0 Å². The van der Waals surface area contributed by atoms with E-state index in [0.29, 0.717) is 0 Å². The number of nitrogens with zero attached hydrogens (tertiary/aromatic N) is 1. The minimum atomic E-state index is 0.986. The van der Waals surface area contributed by atoms with E-state index in [2.05, 4.69) is 78.4 Å². The molecule has 0 aliphatic carbocycles. The smallest absolute Gasteiger partial charge is 0.194 e. The van der Waals surface area contributed by atoms with E-state index in [0.717, 1.165) is 6.54 Å². The van der Waals surface area contributed by atoms with Gasteiger partial charge >= 0.3 is 0 Å². The van der Waals surface area contributed by atoms with E-state index < -0.39 is 0 Å². The molecule has 0 fully saturated rings. The molecular formula is C19H16N+. The summed E-state index contributed by atoms with van der Waals surface area (Å²) in [6, 6.07) is 21.9. The van der Waals surface area contributed by atoms with Crippen molar-refractivity contribution in [1.29, 1.82) is 0 Å². The number of rotatable bonds is 1. The Morgan fingerprint density at radius 3 is 2.50 bits per heavy atom. The van der Waals surface area contributed by atoms with Gasteiger partial charge in [0.2, 0.25) is 5.69 Å². The summed E-state index contributed by atoms with van der Waals surface area (Å²) in [6.45, 7) is 3.11. The van der Waals surface area contributed by atoms with Crippen molar-refractivity contribution in [2.24, 2.45) is 0 Å². The van der Waals surface area contributed by atoms with Crippen molar-refractivity contribution in [2.75, 3.05) is 0 Å². The molecule has 0 atom stereocenters. The van der Waals surface area contributed by atoms with Crippen molar-refractivity contribution in [1.82, 2.24) is 0 Å². The van der Waals surface area contributed by atoms with Gasteiger partial charge in [0.1, 0.15) is 0 Å². The summed E-state index contributed by atoms with van der Waals surface area (Å²) in [6.07, 6.45) is 2.20. The summed E-state index contributed by atoms with van der Waals surface area (Å²) >= 11 is 0. The maximum atomic E-state index is 2.32. The van der Waals surface area contributed by atoms with Gasteiger partial charge in [0.25, 0.3) is 0 Å². The van der Waals surface area contributed by atoms with E-state index in [9.17, 15) is 0 Å². The van der Waals surface area contributed by atoms with E-state index in [-0.39, 0.29) is 0 Å². The van der Waals surface area contributed by atoms with Crippen molar-refractivity contribution in [3.63, 3.8) is 0 Å². The molecule has 2 heterocycles. The Bertz CT molecular complexity index is 785. The number of hydrogen-bond acceptors (Lipinski definition) is 0. The highest BCUT2D eigenvalue weighted by Gasteiger charge is 2.25. The highest BCUT2D eigenvalue weighted by Crippen LogP contribution is 2.29. The maximum absolute atomic E-state index is 2.32. The molecule has 1 aliphatic heterocycles. The van der Waals surface area contributed by atoms with E-state index >= 15 is 0 Å². The predicted molar refractivity (Wildman–Crippen MR) is 81.3 cm³/mol. The molecule has 1 nitrogen and oxygen atoms in total. The van der Waals surface area contributed by atoms with Crippen LogP contribution < -0.4 is 4.57 Å². The van der Waals surface area contributed by atoms with Crippen molar-refractivity contribution in [3.8, 4) is 22.4 Å². The van der Waals surface area contributed by atoms with Crippen LogP contribution in [0.5, 0.6) is 0 Å². The van der Waals surface area contributed by atoms with Crippen LogP contribution in [0.15, 0.2) is 66.9 Å². The van der Waals surface area contributed by atoms with Crippen LogP contribution in [0.1, 0.15) is 11.1 Å². The number of aryl methyl sites for hydroxylation is 1. The fourth-order valence-electron chi connectivity index (χ4n) is 2.92. The van der Waals surface area contributed by atoms with Crippen LogP contribution in [0.4, 0.5) is 0 Å². The Hall–Kier alpha value is -2.41. The van der Waals surface area contributed by atoms with Gasteiger partial charge in [-0.1, -0.05) is 48.0 Å². The summed E-state index contributed by atoms with van der Waals surface area (Å²) in [5, 5.41) is 0. The second-order valence-corrected chi connectivity index (χ2v) is 5.45. The van der Waals surface area contributed by atoms with E-state index in [1.54, 1.807) is 0 Å². The standard InChI is InChI=1S/C19H16N/c1-14-6-8-15(9-7-14)16-10-11-20-13-17-4-2-3-5-18(17)19(20)12-16/h2-12H,13H2,1H3/q+1. The van der Waals surface area contributed by atoms with E-state index in [1.807, 2.05) is 0 Å². The lowest BCUT2D eigenvalue weighted by atomic mass is 10.0. The first-order chi connectivity index (χ1) is 9.81. The third-order valence-corrected chi connectivity index (χ3v) is 4.05. The average Bonchev–Trinajstić information content (AvgIpc) is 2.86. The summed E-state index contributed by atoms with van der Waals surface area (Å²) < 4.78 is 2.32. The molecule has 0 saturated heterocycles. The quantitative estimate of drug-likeness (QED) is 0.455. The number of pyridine rings is 1. The van der Waals surface area contributed by atoms with Crippen LogP contribution in [0, 0.1) is 6.92 Å². The third-order valence-electron chi connectivity index (χ3n) is 4.05. The van der Waals surface area contributed by atoms with Crippen molar-refractivity contribution in [2.45, 2.75) is 13.5 Å². The predicted octanol–water partition coefficient (Wildman–Crippen LogP) is 3.98. The van der Waals surface area contributed by atoms with Crippen molar-refractivity contribution >= 4 is 0 Å². The molecule has 0 radical (unpaired) electrons. The average molecular weight is 258 g/mol. The molecule has 0 spiro atoms.